The average molecular weight is 548 g/mol. The fourth-order valence-corrected chi connectivity index (χ4v) is 7.20. The Balaban J connectivity index is 1.17. The minimum atomic E-state index is -0.448. The summed E-state index contributed by atoms with van der Waals surface area (Å²) in [6.07, 6.45) is 2.14. The average Bonchev–Trinajstić information content (AvgIpc) is 2.87. The molecule has 2 aromatic carbocycles. The van der Waals surface area contributed by atoms with Crippen LogP contribution in [0.2, 0.25) is 0 Å². The van der Waals surface area contributed by atoms with Gasteiger partial charge in [-0.05, 0) is 56.7 Å². The van der Waals surface area contributed by atoms with Gasteiger partial charge in [-0.15, -0.1) is 0 Å². The molecule has 1 unspecified atom stereocenters. The van der Waals surface area contributed by atoms with E-state index in [2.05, 4.69) is 60.0 Å². The van der Waals surface area contributed by atoms with Crippen LogP contribution in [0.15, 0.2) is 42.5 Å². The second-order valence-corrected chi connectivity index (χ2v) is 13.6. The predicted molar refractivity (Wildman–Crippen MR) is 156 cm³/mol. The normalized spacial score (nSPS) is 23.1. The molecule has 1 aliphatic carbocycles. The topological polar surface area (TPSA) is 54.5 Å². The first-order chi connectivity index (χ1) is 19.1. The first kappa shape index (κ1) is 27.4. The molecule has 2 saturated heterocycles. The Morgan fingerprint density at radius 2 is 1.77 bits per heavy atom. The molecule has 0 aromatic heterocycles. The van der Waals surface area contributed by atoms with Crippen LogP contribution in [0.1, 0.15) is 76.1 Å². The molecule has 6 rings (SSSR count). The molecule has 1 amide bonds. The molecule has 7 nitrogen and oxygen atoms in total. The number of fused-ring (bicyclic) bond motifs is 1. The van der Waals surface area contributed by atoms with Gasteiger partial charge in [-0.25, -0.2) is 4.79 Å². The van der Waals surface area contributed by atoms with Gasteiger partial charge in [0.2, 0.25) is 0 Å². The van der Waals surface area contributed by atoms with E-state index in [1.54, 1.807) is 0 Å². The molecule has 4 aliphatic rings. The number of carbonyl (C=O) groups is 1. The number of carbonyl (C=O) groups excluding carboxylic acids is 1. The summed E-state index contributed by atoms with van der Waals surface area (Å²) in [5.41, 5.74) is 3.93. The lowest BCUT2D eigenvalue weighted by molar-refractivity contribution is -0.124. The highest BCUT2D eigenvalue weighted by molar-refractivity contribution is 5.69. The van der Waals surface area contributed by atoms with E-state index in [0.717, 1.165) is 63.6 Å². The van der Waals surface area contributed by atoms with E-state index < -0.39 is 5.60 Å². The fraction of sp³-hybridized carbons (Fsp3) is 0.606. The number of rotatable bonds is 5. The molecule has 0 bridgehead atoms. The van der Waals surface area contributed by atoms with Crippen molar-refractivity contribution in [1.82, 2.24) is 14.7 Å². The number of nitrogens with zero attached hydrogens (tertiary/aromatic N) is 3. The highest BCUT2D eigenvalue weighted by atomic mass is 16.6. The number of piperazine rings is 1. The molecule has 3 heterocycles. The molecule has 7 heteroatoms. The van der Waals surface area contributed by atoms with Crippen LogP contribution in [0.4, 0.5) is 4.79 Å². The number of hydrogen-bond acceptors (Lipinski definition) is 6. The first-order valence-corrected chi connectivity index (χ1v) is 15.0. The van der Waals surface area contributed by atoms with Crippen LogP contribution in [0.5, 0.6) is 11.5 Å². The lowest BCUT2D eigenvalue weighted by atomic mass is 9.60. The second-order valence-electron chi connectivity index (χ2n) is 13.6. The summed E-state index contributed by atoms with van der Waals surface area (Å²) < 4.78 is 17.5. The third-order valence-electron chi connectivity index (χ3n) is 9.04. The highest BCUT2D eigenvalue weighted by Gasteiger charge is 2.56. The Hall–Kier alpha value is -2.77. The molecule has 2 aromatic rings. The molecule has 40 heavy (non-hydrogen) atoms. The minimum absolute atomic E-state index is 0.170. The van der Waals surface area contributed by atoms with E-state index in [4.69, 9.17) is 14.2 Å². The van der Waals surface area contributed by atoms with Crippen molar-refractivity contribution in [3.8, 4) is 11.5 Å². The molecule has 1 saturated carbocycles. The monoisotopic (exact) mass is 547 g/mol. The third kappa shape index (κ3) is 5.42. The van der Waals surface area contributed by atoms with Gasteiger partial charge in [0.15, 0.2) is 11.5 Å². The molecular weight excluding hydrogens is 502 g/mol. The van der Waals surface area contributed by atoms with Gasteiger partial charge >= 0.3 is 6.09 Å². The molecule has 0 N–H and O–H groups in total. The Morgan fingerprint density at radius 3 is 2.52 bits per heavy atom. The molecule has 3 fully saturated rings. The standard InChI is InChI=1S/C33H45N3O4/c1-23(2)26-10-6-7-11-27(26)28-20-34(19-24-9-8-12-29-30(24)39-16-15-38-29)13-14-36(28)25-17-33(18-25)21-35(22-33)31(37)40-32(3,4)5/h6-12,23,25,28H,13-22H2,1-5H3. The first-order valence-electron chi connectivity index (χ1n) is 15.0. The van der Waals surface area contributed by atoms with Crippen molar-refractivity contribution in [3.05, 3.63) is 59.2 Å². The Kier molecular flexibility index (Phi) is 7.24. The Bertz CT molecular complexity index is 1220. The third-order valence-corrected chi connectivity index (χ3v) is 9.04. The number of ether oxygens (including phenoxy) is 3. The number of amides is 1. The molecule has 3 aliphatic heterocycles. The van der Waals surface area contributed by atoms with Gasteiger partial charge in [0, 0.05) is 62.3 Å². The summed E-state index contributed by atoms with van der Waals surface area (Å²) in [4.78, 5) is 19.8. The zero-order valence-electron chi connectivity index (χ0n) is 24.8. The summed E-state index contributed by atoms with van der Waals surface area (Å²) in [6.45, 7) is 17.2. The number of benzene rings is 2. The Labute approximate surface area is 239 Å². The summed E-state index contributed by atoms with van der Waals surface area (Å²) in [7, 11) is 0. The quantitative estimate of drug-likeness (QED) is 0.469. The van der Waals surface area contributed by atoms with Gasteiger partial charge in [0.05, 0.1) is 0 Å². The van der Waals surface area contributed by atoms with Gasteiger partial charge in [-0.1, -0.05) is 50.2 Å². The smallest absolute Gasteiger partial charge is 0.410 e. The molecule has 1 atom stereocenters. The summed E-state index contributed by atoms with van der Waals surface area (Å²) in [5, 5.41) is 0. The van der Waals surface area contributed by atoms with Crippen LogP contribution >= 0.6 is 0 Å². The lowest BCUT2D eigenvalue weighted by Gasteiger charge is -2.62. The van der Waals surface area contributed by atoms with Crippen molar-refractivity contribution in [3.63, 3.8) is 0 Å². The van der Waals surface area contributed by atoms with E-state index in [9.17, 15) is 4.79 Å². The molecule has 216 valence electrons. The highest BCUT2D eigenvalue weighted by Crippen LogP contribution is 2.52. The van der Waals surface area contributed by atoms with Gasteiger partial charge in [-0.2, -0.15) is 0 Å². The van der Waals surface area contributed by atoms with Crippen molar-refractivity contribution in [2.24, 2.45) is 5.41 Å². The Morgan fingerprint density at radius 1 is 1.02 bits per heavy atom. The minimum Gasteiger partial charge on any atom is -0.486 e. The summed E-state index contributed by atoms with van der Waals surface area (Å²) in [6, 6.07) is 16.2. The lowest BCUT2D eigenvalue weighted by Crippen LogP contribution is -2.69. The maximum Gasteiger partial charge on any atom is 0.410 e. The van der Waals surface area contributed by atoms with Gasteiger partial charge in [0.1, 0.15) is 18.8 Å². The van der Waals surface area contributed by atoms with Crippen molar-refractivity contribution >= 4 is 6.09 Å². The SMILES string of the molecule is CC(C)c1ccccc1C1CN(Cc2cccc3c2OCCO3)CCN1C1CC2(C1)CN(C(=O)OC(C)(C)C)C2. The van der Waals surface area contributed by atoms with Crippen molar-refractivity contribution in [2.75, 3.05) is 45.9 Å². The van der Waals surface area contributed by atoms with Crippen molar-refractivity contribution < 1.29 is 19.0 Å². The van der Waals surface area contributed by atoms with Gasteiger partial charge in [-0.3, -0.25) is 9.80 Å². The van der Waals surface area contributed by atoms with Gasteiger partial charge in [0.25, 0.3) is 0 Å². The predicted octanol–water partition coefficient (Wildman–Crippen LogP) is 5.84. The molecule has 0 radical (unpaired) electrons. The van der Waals surface area contributed by atoms with Crippen LogP contribution in [0.25, 0.3) is 0 Å². The molecular formula is C33H45N3O4. The van der Waals surface area contributed by atoms with Crippen LogP contribution in [0.3, 0.4) is 0 Å². The van der Waals surface area contributed by atoms with E-state index in [1.807, 2.05) is 31.7 Å². The van der Waals surface area contributed by atoms with E-state index in [0.29, 0.717) is 31.2 Å². The summed E-state index contributed by atoms with van der Waals surface area (Å²) >= 11 is 0. The van der Waals surface area contributed by atoms with Crippen molar-refractivity contribution in [1.29, 1.82) is 0 Å². The van der Waals surface area contributed by atoms with Crippen LogP contribution in [-0.2, 0) is 11.3 Å². The zero-order valence-corrected chi connectivity index (χ0v) is 24.8. The van der Waals surface area contributed by atoms with Crippen molar-refractivity contribution in [2.45, 2.75) is 77.6 Å². The fourth-order valence-electron chi connectivity index (χ4n) is 7.20. The van der Waals surface area contributed by atoms with E-state index >= 15 is 0 Å². The number of para-hydroxylation sites is 1. The maximum absolute atomic E-state index is 12.5. The number of hydrogen-bond donors (Lipinski definition) is 0. The zero-order chi connectivity index (χ0) is 28.1. The maximum atomic E-state index is 12.5. The van der Waals surface area contributed by atoms with Crippen LogP contribution in [0, 0.1) is 5.41 Å². The van der Waals surface area contributed by atoms with E-state index in [-0.39, 0.29) is 11.5 Å². The van der Waals surface area contributed by atoms with Gasteiger partial charge < -0.3 is 19.1 Å². The largest absolute Gasteiger partial charge is 0.486 e. The van der Waals surface area contributed by atoms with Crippen LogP contribution < -0.4 is 9.47 Å². The van der Waals surface area contributed by atoms with Crippen LogP contribution in [-0.4, -0.2) is 78.4 Å². The van der Waals surface area contributed by atoms with E-state index in [1.165, 1.54) is 16.7 Å². The molecule has 1 spiro atoms. The number of likely N-dealkylation sites (tertiary alicyclic amines) is 1. The second kappa shape index (κ2) is 10.6. The summed E-state index contributed by atoms with van der Waals surface area (Å²) in [5.74, 6) is 2.25.